The van der Waals surface area contributed by atoms with Crippen LogP contribution in [0.5, 0.6) is 0 Å². The average molecular weight is 441 g/mol. The molecule has 1 saturated heterocycles. The summed E-state index contributed by atoms with van der Waals surface area (Å²) in [5, 5.41) is 0. The third-order valence-corrected chi connectivity index (χ3v) is 11.8. The molecule has 1 heterocycles. The molecule has 3 heteroatoms. The summed E-state index contributed by atoms with van der Waals surface area (Å²) in [5.41, 5.74) is 2.44. The molecular formula is C28H38F2Si. The Morgan fingerprint density at radius 1 is 0.806 bits per heavy atom. The van der Waals surface area contributed by atoms with Crippen molar-refractivity contribution in [3.8, 4) is 11.1 Å². The quantitative estimate of drug-likeness (QED) is 0.378. The Balaban J connectivity index is 1.24. The van der Waals surface area contributed by atoms with Crippen molar-refractivity contribution < 1.29 is 8.78 Å². The summed E-state index contributed by atoms with van der Waals surface area (Å²) in [7, 11) is -0.345. The van der Waals surface area contributed by atoms with Crippen LogP contribution in [0.25, 0.3) is 11.1 Å². The van der Waals surface area contributed by atoms with Gasteiger partial charge in [0.25, 0.3) is 0 Å². The first-order chi connectivity index (χ1) is 15.1. The molecule has 0 bridgehead atoms. The molecule has 0 N–H and O–H groups in total. The first-order valence-electron chi connectivity index (χ1n) is 12.7. The molecule has 1 saturated carbocycles. The molecule has 1 aliphatic carbocycles. The molecule has 168 valence electrons. The average Bonchev–Trinajstić information content (AvgIpc) is 2.80. The van der Waals surface area contributed by atoms with Crippen LogP contribution in [0.2, 0.25) is 18.1 Å². The summed E-state index contributed by atoms with van der Waals surface area (Å²) in [6.07, 6.45) is 12.3. The van der Waals surface area contributed by atoms with E-state index in [4.69, 9.17) is 0 Å². The van der Waals surface area contributed by atoms with Crippen LogP contribution in [0, 0.1) is 23.5 Å². The van der Waals surface area contributed by atoms with Crippen molar-refractivity contribution in [1.82, 2.24) is 0 Å². The van der Waals surface area contributed by atoms with Crippen molar-refractivity contribution in [2.45, 2.75) is 88.8 Å². The molecule has 0 radical (unpaired) electrons. The van der Waals surface area contributed by atoms with Gasteiger partial charge in [-0.25, -0.2) is 8.78 Å². The number of hydrogen-bond acceptors (Lipinski definition) is 0. The summed E-state index contributed by atoms with van der Waals surface area (Å²) >= 11 is 0. The first-order valence-corrected chi connectivity index (χ1v) is 15.1. The zero-order valence-electron chi connectivity index (χ0n) is 19.1. The highest BCUT2D eigenvalue weighted by molar-refractivity contribution is 6.58. The van der Waals surface area contributed by atoms with Crippen LogP contribution in [0.15, 0.2) is 42.5 Å². The van der Waals surface area contributed by atoms with Crippen molar-refractivity contribution >= 4 is 8.80 Å². The molecule has 31 heavy (non-hydrogen) atoms. The number of rotatable bonds is 7. The first kappa shape index (κ1) is 22.7. The molecule has 1 aliphatic heterocycles. The largest absolute Gasteiger partial charge is 0.207 e. The SMILES string of the molecule is CCC[Si@H]1CC[C@H](CC[C@H]2CC[C@H](c3ccc(-c4ccc(F)cc4)c(F)c3)CC2)CC1. The molecule has 0 aromatic heterocycles. The van der Waals surface area contributed by atoms with E-state index in [-0.39, 0.29) is 20.4 Å². The van der Waals surface area contributed by atoms with Crippen LogP contribution in [0.1, 0.15) is 76.2 Å². The maximum Gasteiger partial charge on any atom is 0.131 e. The second-order valence-electron chi connectivity index (χ2n) is 10.2. The lowest BCUT2D eigenvalue weighted by Gasteiger charge is -2.32. The minimum Gasteiger partial charge on any atom is -0.207 e. The topological polar surface area (TPSA) is 0 Å². The number of hydrogen-bond donors (Lipinski definition) is 0. The normalized spacial score (nSPS) is 26.7. The van der Waals surface area contributed by atoms with Gasteiger partial charge in [-0.1, -0.05) is 81.4 Å². The third-order valence-electron chi connectivity index (χ3n) is 8.11. The van der Waals surface area contributed by atoms with Gasteiger partial charge < -0.3 is 0 Å². The van der Waals surface area contributed by atoms with Gasteiger partial charge in [-0.2, -0.15) is 0 Å². The van der Waals surface area contributed by atoms with E-state index in [0.29, 0.717) is 11.5 Å². The molecule has 2 aromatic rings. The fraction of sp³-hybridized carbons (Fsp3) is 0.571. The zero-order valence-corrected chi connectivity index (χ0v) is 20.2. The molecule has 0 atom stereocenters. The van der Waals surface area contributed by atoms with Crippen molar-refractivity contribution in [2.24, 2.45) is 11.8 Å². The van der Waals surface area contributed by atoms with E-state index in [9.17, 15) is 8.78 Å². The lowest BCUT2D eigenvalue weighted by Crippen LogP contribution is -2.22. The van der Waals surface area contributed by atoms with Gasteiger partial charge in [0, 0.05) is 14.4 Å². The van der Waals surface area contributed by atoms with Gasteiger partial charge in [0.05, 0.1) is 0 Å². The Hall–Kier alpha value is -1.48. The number of halogens is 2. The molecule has 0 nitrogen and oxygen atoms in total. The van der Waals surface area contributed by atoms with Gasteiger partial charge in [-0.15, -0.1) is 0 Å². The Morgan fingerprint density at radius 3 is 2.06 bits per heavy atom. The summed E-state index contributed by atoms with van der Waals surface area (Å²) in [6, 6.07) is 16.5. The zero-order chi connectivity index (χ0) is 21.6. The monoisotopic (exact) mass is 440 g/mol. The van der Waals surface area contributed by atoms with Crippen LogP contribution >= 0.6 is 0 Å². The second-order valence-corrected chi connectivity index (χ2v) is 13.7. The fourth-order valence-electron chi connectivity index (χ4n) is 6.12. The predicted molar refractivity (Wildman–Crippen MR) is 130 cm³/mol. The number of benzene rings is 2. The molecule has 4 rings (SSSR count). The lowest BCUT2D eigenvalue weighted by molar-refractivity contribution is 0.280. The molecule has 0 spiro atoms. The van der Waals surface area contributed by atoms with E-state index in [0.717, 1.165) is 23.0 Å². The van der Waals surface area contributed by atoms with Gasteiger partial charge in [-0.05, 0) is 72.8 Å². The van der Waals surface area contributed by atoms with Crippen LogP contribution < -0.4 is 0 Å². The molecule has 2 aliphatic rings. The Bertz CT molecular complexity index is 815. The Kier molecular flexibility index (Phi) is 7.98. The van der Waals surface area contributed by atoms with Gasteiger partial charge >= 0.3 is 0 Å². The highest BCUT2D eigenvalue weighted by Gasteiger charge is 2.26. The summed E-state index contributed by atoms with van der Waals surface area (Å²) in [6.45, 7) is 2.35. The second kappa shape index (κ2) is 10.9. The lowest BCUT2D eigenvalue weighted by atomic mass is 9.76. The highest BCUT2D eigenvalue weighted by atomic mass is 28.3. The molecule has 2 aromatic carbocycles. The van der Waals surface area contributed by atoms with Crippen LogP contribution in [0.4, 0.5) is 8.78 Å². The van der Waals surface area contributed by atoms with Crippen molar-refractivity contribution in [1.29, 1.82) is 0 Å². The minimum absolute atomic E-state index is 0.187. The highest BCUT2D eigenvalue weighted by Crippen LogP contribution is 2.40. The van der Waals surface area contributed by atoms with E-state index >= 15 is 0 Å². The van der Waals surface area contributed by atoms with Gasteiger partial charge in [0.1, 0.15) is 11.6 Å². The standard InChI is InChI=1S/C28H38F2Si/c1-2-17-31-18-15-22(16-19-31)4-3-21-5-7-23(8-6-21)25-11-14-27(28(30)20-25)24-9-12-26(29)13-10-24/h9-14,20-23,31H,2-8,15-19H2,1H3/t21-,22-,23-,31-. The van der Waals surface area contributed by atoms with E-state index in [2.05, 4.69) is 13.0 Å². The smallest absolute Gasteiger partial charge is 0.131 e. The van der Waals surface area contributed by atoms with E-state index in [1.807, 2.05) is 6.07 Å². The third kappa shape index (κ3) is 6.06. The van der Waals surface area contributed by atoms with Crippen molar-refractivity contribution in [2.75, 3.05) is 0 Å². The molecule has 2 fully saturated rings. The maximum absolute atomic E-state index is 14.8. The minimum atomic E-state index is -0.345. The molecule has 0 unspecified atom stereocenters. The Labute approximate surface area is 189 Å². The van der Waals surface area contributed by atoms with Gasteiger partial charge in [-0.3, -0.25) is 0 Å². The van der Waals surface area contributed by atoms with Crippen LogP contribution in [-0.4, -0.2) is 8.80 Å². The Morgan fingerprint density at radius 2 is 1.45 bits per heavy atom. The van der Waals surface area contributed by atoms with Crippen molar-refractivity contribution in [3.05, 3.63) is 59.7 Å². The van der Waals surface area contributed by atoms with Crippen LogP contribution in [-0.2, 0) is 0 Å². The van der Waals surface area contributed by atoms with E-state index in [1.165, 1.54) is 69.9 Å². The van der Waals surface area contributed by atoms with E-state index < -0.39 is 0 Å². The van der Waals surface area contributed by atoms with Crippen molar-refractivity contribution in [3.63, 3.8) is 0 Å². The van der Waals surface area contributed by atoms with Crippen LogP contribution in [0.3, 0.4) is 0 Å². The van der Waals surface area contributed by atoms with E-state index in [1.54, 1.807) is 36.3 Å². The van der Waals surface area contributed by atoms with Gasteiger partial charge in [0.15, 0.2) is 0 Å². The maximum atomic E-state index is 14.8. The summed E-state index contributed by atoms with van der Waals surface area (Å²) in [5.74, 6) is 1.90. The predicted octanol–water partition coefficient (Wildman–Crippen LogP) is 8.73. The fourth-order valence-corrected chi connectivity index (χ4v) is 9.69. The van der Waals surface area contributed by atoms with Gasteiger partial charge in [0.2, 0.25) is 0 Å². The summed E-state index contributed by atoms with van der Waals surface area (Å²) < 4.78 is 27.9. The molecule has 0 amide bonds. The summed E-state index contributed by atoms with van der Waals surface area (Å²) in [4.78, 5) is 0. The molecular weight excluding hydrogens is 402 g/mol.